The Morgan fingerprint density at radius 2 is 1.47 bits per heavy atom. The minimum absolute atomic E-state index is 0.0381. The van der Waals surface area contributed by atoms with Gasteiger partial charge in [-0.25, -0.2) is 24.4 Å². The summed E-state index contributed by atoms with van der Waals surface area (Å²) < 4.78 is 0. The third-order valence-corrected chi connectivity index (χ3v) is 12.3. The van der Waals surface area contributed by atoms with Crippen molar-refractivity contribution in [2.75, 3.05) is 30.0 Å². The molecule has 1 unspecified atom stereocenters. The van der Waals surface area contributed by atoms with Gasteiger partial charge in [-0.15, -0.1) is 46.2 Å². The summed E-state index contributed by atoms with van der Waals surface area (Å²) in [6.45, 7) is 5.49. The summed E-state index contributed by atoms with van der Waals surface area (Å²) in [5, 5.41) is 45.0. The van der Waals surface area contributed by atoms with Crippen LogP contribution in [0.5, 0.6) is 0 Å². The molecule has 2 saturated heterocycles. The van der Waals surface area contributed by atoms with Gasteiger partial charge >= 0.3 is 17.9 Å². The maximum atomic E-state index is 13.8. The number of rotatable bonds is 17. The van der Waals surface area contributed by atoms with E-state index in [4.69, 9.17) is 25.6 Å². The van der Waals surface area contributed by atoms with Gasteiger partial charge in [0.05, 0.1) is 0 Å². The predicted octanol–water partition coefficient (Wildman–Crippen LogP) is -0.806. The molecule has 0 aliphatic carbocycles. The van der Waals surface area contributed by atoms with Crippen LogP contribution in [0.2, 0.25) is 0 Å². The van der Waals surface area contributed by atoms with Gasteiger partial charge in [0.2, 0.25) is 19.1 Å². The van der Waals surface area contributed by atoms with E-state index in [1.807, 2.05) is 0 Å². The number of fused-ring (bicyclic) bond motifs is 2. The molecule has 8 N–H and O–H groups in total. The molecule has 0 spiro atoms. The maximum Gasteiger partial charge on any atom is 0.352 e. The zero-order chi connectivity index (χ0) is 42.7. The van der Waals surface area contributed by atoms with Crippen molar-refractivity contribution in [3.05, 3.63) is 69.7 Å². The van der Waals surface area contributed by atoms with Crippen LogP contribution in [-0.4, -0.2) is 142 Å². The average Bonchev–Trinajstić information content (AvgIpc) is 3.85. The van der Waals surface area contributed by atoms with Crippen molar-refractivity contribution in [3.8, 4) is 0 Å². The molecule has 2 aromatic rings. The topological polar surface area (TPSA) is 335 Å². The second-order valence-electron chi connectivity index (χ2n) is 12.0. The number of hydrogen-bond donors (Lipinski definition) is 7. The van der Waals surface area contributed by atoms with Gasteiger partial charge < -0.3 is 46.3 Å². The predicted molar refractivity (Wildman–Crippen MR) is 210 cm³/mol. The first-order chi connectivity index (χ1) is 28.1. The summed E-state index contributed by atoms with van der Waals surface area (Å²) in [5.41, 5.74) is 4.76. The van der Waals surface area contributed by atoms with Crippen molar-refractivity contribution >= 4 is 115 Å². The van der Waals surface area contributed by atoms with Crippen LogP contribution >= 0.6 is 46.2 Å². The fourth-order valence-corrected chi connectivity index (χ4v) is 9.60. The van der Waals surface area contributed by atoms with Crippen LogP contribution in [0.1, 0.15) is 11.4 Å². The van der Waals surface area contributed by atoms with Crippen molar-refractivity contribution in [1.29, 1.82) is 0 Å². The highest BCUT2D eigenvalue weighted by atomic mass is 32.2. The van der Waals surface area contributed by atoms with Crippen molar-refractivity contribution < 1.29 is 63.4 Å². The summed E-state index contributed by atoms with van der Waals surface area (Å²) in [4.78, 5) is 121. The minimum atomic E-state index is -1.42. The molecule has 5 atom stereocenters. The van der Waals surface area contributed by atoms with Crippen molar-refractivity contribution in [3.63, 3.8) is 0 Å². The lowest BCUT2D eigenvalue weighted by molar-refractivity contribution is -0.153. The lowest BCUT2D eigenvalue weighted by Crippen LogP contribution is -2.74. The Hall–Kier alpha value is -6.58. The van der Waals surface area contributed by atoms with Crippen LogP contribution in [-0.2, 0) is 48.0 Å². The molecular weight excluding hydrogens is 861 g/mol. The molecule has 5 amide bonds. The number of carboxylic acids is 3. The van der Waals surface area contributed by atoms with Gasteiger partial charge in [-0.3, -0.25) is 34.2 Å². The lowest BCUT2D eigenvalue weighted by atomic mass is 9.97. The van der Waals surface area contributed by atoms with Crippen LogP contribution in [0, 0.1) is 0 Å². The number of aliphatic carboxylic acids is 3. The largest absolute Gasteiger partial charge is 0.479 e. The number of carboxylic acid groups (broad SMARTS) is 3. The van der Waals surface area contributed by atoms with Gasteiger partial charge in [-0.2, -0.15) is 0 Å². The number of amides is 5. The van der Waals surface area contributed by atoms with Crippen molar-refractivity contribution in [2.24, 2.45) is 10.3 Å². The number of nitrogens with one attached hydrogen (secondary N) is 3. The molecule has 308 valence electrons. The maximum absolute atomic E-state index is 13.8. The van der Waals surface area contributed by atoms with Crippen LogP contribution in [0.15, 0.2) is 68.6 Å². The van der Waals surface area contributed by atoms with Crippen LogP contribution in [0.4, 0.5) is 10.3 Å². The van der Waals surface area contributed by atoms with Crippen molar-refractivity contribution in [1.82, 2.24) is 30.4 Å². The normalized spacial score (nSPS) is 22.4. The Morgan fingerprint density at radius 1 is 0.881 bits per heavy atom. The van der Waals surface area contributed by atoms with Gasteiger partial charge in [-0.05, 0) is 16.6 Å². The monoisotopic (exact) mass is 888 g/mol. The number of oxime groups is 2. The van der Waals surface area contributed by atoms with Gasteiger partial charge in [-0.1, -0.05) is 35.6 Å². The third kappa shape index (κ3) is 8.52. The summed E-state index contributed by atoms with van der Waals surface area (Å²) in [5.74, 6) is -8.11. The number of nitrogen functional groups attached to an aromatic ring is 1. The summed E-state index contributed by atoms with van der Waals surface area (Å²) in [6.07, 6.45) is 2.68. The van der Waals surface area contributed by atoms with E-state index in [1.54, 1.807) is 5.41 Å². The number of thioether (sulfide) groups is 2. The number of allylic oxidation sites excluding steroid dienone is 1. The van der Waals surface area contributed by atoms with Gasteiger partial charge in [0.25, 0.3) is 23.6 Å². The van der Waals surface area contributed by atoms with E-state index < -0.39 is 101 Å². The average molecular weight is 889 g/mol. The second kappa shape index (κ2) is 17.5. The molecule has 0 aromatic carbocycles. The first kappa shape index (κ1) is 42.0. The Labute approximate surface area is 346 Å². The van der Waals surface area contributed by atoms with E-state index in [2.05, 4.69) is 49.4 Å². The molecule has 6 heterocycles. The van der Waals surface area contributed by atoms with E-state index in [0.29, 0.717) is 11.1 Å². The lowest BCUT2D eigenvalue weighted by Gasteiger charge is -2.51. The minimum Gasteiger partial charge on any atom is -0.479 e. The molecule has 0 bridgehead atoms. The first-order valence-corrected chi connectivity index (χ1v) is 20.2. The van der Waals surface area contributed by atoms with Crippen LogP contribution < -0.4 is 21.7 Å². The smallest absolute Gasteiger partial charge is 0.352 e. The number of thiazole rings is 2. The highest BCUT2D eigenvalue weighted by Gasteiger charge is 2.56. The number of β-lactam (4-membered cyclic amide) rings is 2. The standard InChI is InChI=1S/C32H28N10O13S4/c1-3-11-7-56-28-19(36-23(47)17(39-54-5-15(43)44)13-9-58-31(33)34-13)26(50)41(28)21(11)25(49)38-32-35-14(10-59-32)18(40-55-6-16(45)46)24(48)37-20-27(51)42-22(30(52)53)12(4-2)8-57-29(20)42/h3-4,7,9-10,19-21,28-29H,1-2,5-6,8H2,(H2,33,34)(H,36,47)(H,37,48)(H,43,44)(H,45,46)(H,52,53)(H,35,38,49)/b39-17-,40-18-/t19-,20-,21?,28-,29-/m1/s1. The second-order valence-corrected chi connectivity index (χ2v) is 15.8. The summed E-state index contributed by atoms with van der Waals surface area (Å²) >= 11 is 4.08. The molecule has 0 radical (unpaired) electrons. The molecule has 4 aliphatic rings. The zero-order valence-electron chi connectivity index (χ0n) is 29.6. The number of hydrogen-bond acceptors (Lipinski definition) is 19. The zero-order valence-corrected chi connectivity index (χ0v) is 32.9. The molecule has 59 heavy (non-hydrogen) atoms. The van der Waals surface area contributed by atoms with E-state index in [-0.39, 0.29) is 33.1 Å². The quantitative estimate of drug-likeness (QED) is 0.0580. The fraction of sp³-hybridized carbons (Fsp3) is 0.250. The van der Waals surface area contributed by atoms with E-state index in [0.717, 1.165) is 39.3 Å². The molecule has 0 saturated carbocycles. The number of anilines is 2. The fourth-order valence-electron chi connectivity index (χ4n) is 5.79. The number of carbonyl (C=O) groups excluding carboxylic acids is 5. The third-order valence-electron chi connectivity index (χ3n) is 8.38. The van der Waals surface area contributed by atoms with E-state index in [9.17, 15) is 43.5 Å². The number of nitrogens with zero attached hydrogens (tertiary/aromatic N) is 6. The Balaban J connectivity index is 1.16. The first-order valence-electron chi connectivity index (χ1n) is 16.4. The van der Waals surface area contributed by atoms with E-state index in [1.165, 1.54) is 39.6 Å². The van der Waals surface area contributed by atoms with Crippen molar-refractivity contribution in [2.45, 2.75) is 28.9 Å². The summed E-state index contributed by atoms with van der Waals surface area (Å²) in [6, 6.07) is -3.66. The highest BCUT2D eigenvalue weighted by Crippen LogP contribution is 2.42. The molecule has 23 nitrogen and oxygen atoms in total. The molecule has 4 aliphatic heterocycles. The molecule has 2 fully saturated rings. The Kier molecular flexibility index (Phi) is 12.5. The summed E-state index contributed by atoms with van der Waals surface area (Å²) in [7, 11) is 0. The molecule has 27 heteroatoms. The highest BCUT2D eigenvalue weighted by molar-refractivity contribution is 8.03. The number of carbonyl (C=O) groups is 8. The van der Waals surface area contributed by atoms with Gasteiger partial charge in [0.15, 0.2) is 21.7 Å². The van der Waals surface area contributed by atoms with E-state index >= 15 is 0 Å². The SMILES string of the molecule is C=CC1=CS[C@@H]2[C@H](NC(=O)/C(=N\OCC(=O)O)c3csc(N)n3)C(=O)N2C1C(=O)Nc1nc(/C(=N/OCC(=O)O)C(=O)N[C@@H]2C(=O)N3C(C(=O)O)=C(C=C)CS[C@H]23)cs1. The van der Waals surface area contributed by atoms with Crippen LogP contribution in [0.3, 0.4) is 0 Å². The Bertz CT molecular complexity index is 2320. The van der Waals surface area contributed by atoms with Gasteiger partial charge in [0.1, 0.15) is 46.0 Å². The number of aromatic nitrogens is 2. The van der Waals surface area contributed by atoms with Gasteiger partial charge in [0, 0.05) is 16.5 Å². The molecule has 2 aromatic heterocycles. The molecule has 6 rings (SSSR count). The van der Waals surface area contributed by atoms with Crippen LogP contribution in [0.25, 0.3) is 0 Å². The Morgan fingerprint density at radius 3 is 2.02 bits per heavy atom. The molecular formula is C32H28N10O13S4. The number of nitrogens with two attached hydrogens (primary N) is 1.